The first-order valence-corrected chi connectivity index (χ1v) is 5.94. The minimum atomic E-state index is -0.838. The van der Waals surface area contributed by atoms with Crippen LogP contribution in [-0.4, -0.2) is 19.9 Å². The van der Waals surface area contributed by atoms with E-state index in [0.29, 0.717) is 11.6 Å². The lowest BCUT2D eigenvalue weighted by molar-refractivity contribution is 0.193. The molecule has 0 amide bonds. The number of aliphatic hydroxyl groups is 1. The fourth-order valence-electron chi connectivity index (χ4n) is 1.66. The third-order valence-corrected chi connectivity index (χ3v) is 2.97. The summed E-state index contributed by atoms with van der Waals surface area (Å²) in [4.78, 5) is 0. The Kier molecular flexibility index (Phi) is 3.80. The molecular formula is C13H16FN3O2. The standard InChI is InChI=1S/C13H16FN3O2/c1-8(18)11-5-4-10(6-12(11)14)19-7-13-16-15-9(2)17(13)3/h4-6,8,18H,7H2,1-3H3/t8-/m0/s1. The molecule has 0 aliphatic rings. The summed E-state index contributed by atoms with van der Waals surface area (Å²) >= 11 is 0. The summed E-state index contributed by atoms with van der Waals surface area (Å²) in [7, 11) is 1.84. The molecule has 1 heterocycles. The van der Waals surface area contributed by atoms with E-state index in [1.165, 1.54) is 19.1 Å². The van der Waals surface area contributed by atoms with Crippen molar-refractivity contribution in [3.63, 3.8) is 0 Å². The summed E-state index contributed by atoms with van der Waals surface area (Å²) in [5.74, 6) is 1.36. The topological polar surface area (TPSA) is 60.2 Å². The summed E-state index contributed by atoms with van der Waals surface area (Å²) in [5.41, 5.74) is 0.252. The molecule has 0 saturated heterocycles. The van der Waals surface area contributed by atoms with Crippen molar-refractivity contribution >= 4 is 0 Å². The van der Waals surface area contributed by atoms with Crippen LogP contribution in [0.25, 0.3) is 0 Å². The Labute approximate surface area is 110 Å². The summed E-state index contributed by atoms with van der Waals surface area (Å²) in [6.07, 6.45) is -0.838. The summed E-state index contributed by atoms with van der Waals surface area (Å²) in [5, 5.41) is 17.2. The first kappa shape index (κ1) is 13.5. The van der Waals surface area contributed by atoms with Crippen LogP contribution in [0.15, 0.2) is 18.2 Å². The zero-order chi connectivity index (χ0) is 14.0. The van der Waals surface area contributed by atoms with E-state index in [9.17, 15) is 9.50 Å². The van der Waals surface area contributed by atoms with Crippen LogP contribution in [-0.2, 0) is 13.7 Å². The van der Waals surface area contributed by atoms with Crippen molar-refractivity contribution in [3.05, 3.63) is 41.2 Å². The molecule has 1 aromatic carbocycles. The van der Waals surface area contributed by atoms with Crippen molar-refractivity contribution in [2.24, 2.45) is 7.05 Å². The molecule has 2 aromatic rings. The highest BCUT2D eigenvalue weighted by Crippen LogP contribution is 2.22. The van der Waals surface area contributed by atoms with E-state index < -0.39 is 11.9 Å². The minimum absolute atomic E-state index is 0.213. The van der Waals surface area contributed by atoms with Crippen LogP contribution >= 0.6 is 0 Å². The molecule has 0 aliphatic carbocycles. The maximum absolute atomic E-state index is 13.6. The van der Waals surface area contributed by atoms with Gasteiger partial charge in [-0.1, -0.05) is 0 Å². The zero-order valence-electron chi connectivity index (χ0n) is 11.1. The van der Waals surface area contributed by atoms with Crippen LogP contribution in [0.5, 0.6) is 5.75 Å². The third-order valence-electron chi connectivity index (χ3n) is 2.97. The summed E-state index contributed by atoms with van der Waals surface area (Å²) in [6.45, 7) is 3.57. The third kappa shape index (κ3) is 2.90. The highest BCUT2D eigenvalue weighted by molar-refractivity contribution is 5.30. The lowest BCUT2D eigenvalue weighted by Crippen LogP contribution is -2.05. The van der Waals surface area contributed by atoms with Crippen LogP contribution in [0.2, 0.25) is 0 Å². The number of hydrogen-bond donors (Lipinski definition) is 1. The number of aryl methyl sites for hydroxylation is 1. The van der Waals surface area contributed by atoms with E-state index in [0.717, 1.165) is 5.82 Å². The lowest BCUT2D eigenvalue weighted by Gasteiger charge is -2.09. The Hall–Kier alpha value is -1.95. The van der Waals surface area contributed by atoms with Crippen LogP contribution in [0, 0.1) is 12.7 Å². The number of aliphatic hydroxyl groups excluding tert-OH is 1. The van der Waals surface area contributed by atoms with E-state index in [-0.39, 0.29) is 12.2 Å². The van der Waals surface area contributed by atoms with Gasteiger partial charge in [-0.3, -0.25) is 0 Å². The van der Waals surface area contributed by atoms with E-state index in [1.807, 2.05) is 14.0 Å². The molecule has 0 radical (unpaired) electrons. The Morgan fingerprint density at radius 3 is 2.68 bits per heavy atom. The van der Waals surface area contributed by atoms with Gasteiger partial charge >= 0.3 is 0 Å². The quantitative estimate of drug-likeness (QED) is 0.917. The molecule has 0 saturated carbocycles. The lowest BCUT2D eigenvalue weighted by atomic mass is 10.1. The maximum atomic E-state index is 13.6. The van der Waals surface area contributed by atoms with Crippen LogP contribution < -0.4 is 4.74 Å². The zero-order valence-corrected chi connectivity index (χ0v) is 11.1. The average molecular weight is 265 g/mol. The SMILES string of the molecule is Cc1nnc(COc2ccc([C@H](C)O)c(F)c2)n1C. The van der Waals surface area contributed by atoms with Crippen LogP contribution in [0.1, 0.15) is 30.2 Å². The molecule has 19 heavy (non-hydrogen) atoms. The number of rotatable bonds is 4. The predicted octanol–water partition coefficient (Wildman–Crippen LogP) is 1.89. The van der Waals surface area contributed by atoms with Crippen molar-refractivity contribution < 1.29 is 14.2 Å². The van der Waals surface area contributed by atoms with E-state index in [4.69, 9.17) is 4.74 Å². The smallest absolute Gasteiger partial charge is 0.170 e. The van der Waals surface area contributed by atoms with Gasteiger partial charge in [0.15, 0.2) is 5.82 Å². The second-order valence-corrected chi connectivity index (χ2v) is 4.37. The van der Waals surface area contributed by atoms with Gasteiger partial charge in [0.05, 0.1) is 6.10 Å². The Bertz CT molecular complexity index is 581. The monoisotopic (exact) mass is 265 g/mol. The van der Waals surface area contributed by atoms with E-state index in [2.05, 4.69) is 10.2 Å². The van der Waals surface area contributed by atoms with Gasteiger partial charge in [-0.25, -0.2) is 4.39 Å². The molecular weight excluding hydrogens is 249 g/mol. The molecule has 0 spiro atoms. The first-order chi connectivity index (χ1) is 8.99. The van der Waals surface area contributed by atoms with Crippen molar-refractivity contribution in [1.82, 2.24) is 14.8 Å². The molecule has 5 nitrogen and oxygen atoms in total. The van der Waals surface area contributed by atoms with Gasteiger partial charge in [0, 0.05) is 18.7 Å². The maximum Gasteiger partial charge on any atom is 0.170 e. The largest absolute Gasteiger partial charge is 0.486 e. The molecule has 1 N–H and O–H groups in total. The minimum Gasteiger partial charge on any atom is -0.486 e. The molecule has 1 atom stereocenters. The number of hydrogen-bond acceptors (Lipinski definition) is 4. The van der Waals surface area contributed by atoms with E-state index in [1.54, 1.807) is 10.6 Å². The van der Waals surface area contributed by atoms with Crippen LogP contribution in [0.4, 0.5) is 4.39 Å². The van der Waals surface area contributed by atoms with Crippen molar-refractivity contribution in [3.8, 4) is 5.75 Å². The number of aromatic nitrogens is 3. The second kappa shape index (κ2) is 5.36. The number of ether oxygens (including phenoxy) is 1. The van der Waals surface area contributed by atoms with Crippen molar-refractivity contribution in [2.45, 2.75) is 26.6 Å². The molecule has 0 unspecified atom stereocenters. The number of nitrogens with zero attached hydrogens (tertiary/aromatic N) is 3. The van der Waals surface area contributed by atoms with Gasteiger partial charge in [0.1, 0.15) is 24.0 Å². The molecule has 6 heteroatoms. The predicted molar refractivity (Wildman–Crippen MR) is 67.1 cm³/mol. The highest BCUT2D eigenvalue weighted by Gasteiger charge is 2.10. The Morgan fingerprint density at radius 1 is 1.42 bits per heavy atom. The van der Waals surface area contributed by atoms with Gasteiger partial charge < -0.3 is 14.4 Å². The van der Waals surface area contributed by atoms with E-state index >= 15 is 0 Å². The highest BCUT2D eigenvalue weighted by atomic mass is 19.1. The van der Waals surface area contributed by atoms with Crippen LogP contribution in [0.3, 0.4) is 0 Å². The molecule has 2 rings (SSSR count). The molecule has 1 aromatic heterocycles. The fourth-order valence-corrected chi connectivity index (χ4v) is 1.66. The first-order valence-electron chi connectivity index (χ1n) is 5.94. The van der Waals surface area contributed by atoms with Gasteiger partial charge in [0.2, 0.25) is 0 Å². The van der Waals surface area contributed by atoms with Crippen molar-refractivity contribution in [1.29, 1.82) is 0 Å². The van der Waals surface area contributed by atoms with Gasteiger partial charge in [-0.15, -0.1) is 10.2 Å². The van der Waals surface area contributed by atoms with Gasteiger partial charge in [0.25, 0.3) is 0 Å². The number of halogens is 1. The summed E-state index contributed by atoms with van der Waals surface area (Å²) < 4.78 is 20.9. The van der Waals surface area contributed by atoms with Crippen molar-refractivity contribution in [2.75, 3.05) is 0 Å². The Morgan fingerprint density at radius 2 is 2.16 bits per heavy atom. The average Bonchev–Trinajstić information content (AvgIpc) is 2.67. The molecule has 0 aliphatic heterocycles. The number of benzene rings is 1. The molecule has 0 bridgehead atoms. The molecule has 102 valence electrons. The van der Waals surface area contributed by atoms with Gasteiger partial charge in [-0.05, 0) is 26.0 Å². The summed E-state index contributed by atoms with van der Waals surface area (Å²) in [6, 6.07) is 4.39. The fraction of sp³-hybridized carbons (Fsp3) is 0.385. The second-order valence-electron chi connectivity index (χ2n) is 4.37. The normalized spacial score (nSPS) is 12.5. The van der Waals surface area contributed by atoms with Gasteiger partial charge in [-0.2, -0.15) is 0 Å². The Balaban J connectivity index is 2.08. The molecule has 0 fully saturated rings.